The van der Waals surface area contributed by atoms with Crippen LogP contribution in [0, 0.1) is 0 Å². The van der Waals surface area contributed by atoms with E-state index in [1.165, 1.54) is 0 Å². The van der Waals surface area contributed by atoms with E-state index in [1.54, 1.807) is 0 Å². The van der Waals surface area contributed by atoms with Crippen LogP contribution < -0.4 is 0 Å². The molecule has 1 aromatic carbocycles. The van der Waals surface area contributed by atoms with Crippen LogP contribution in [0.15, 0.2) is 30.3 Å². The summed E-state index contributed by atoms with van der Waals surface area (Å²) in [4.78, 5) is 14.4. The topological polar surface area (TPSA) is 49.8 Å². The summed E-state index contributed by atoms with van der Waals surface area (Å²) in [5, 5.41) is 9.67. The van der Waals surface area contributed by atoms with Gasteiger partial charge in [0.25, 0.3) is 0 Å². The Kier molecular flexibility index (Phi) is 4.39. The Morgan fingerprint density at radius 3 is 2.55 bits per heavy atom. The summed E-state index contributed by atoms with van der Waals surface area (Å²) < 4.78 is 5.86. The van der Waals surface area contributed by atoms with E-state index in [4.69, 9.17) is 4.74 Å². The van der Waals surface area contributed by atoms with E-state index in [0.29, 0.717) is 0 Å². The van der Waals surface area contributed by atoms with E-state index in [2.05, 4.69) is 19.1 Å². The fourth-order valence-corrected chi connectivity index (χ4v) is 3.79. The summed E-state index contributed by atoms with van der Waals surface area (Å²) >= 11 is 0. The van der Waals surface area contributed by atoms with E-state index in [1.807, 2.05) is 23.1 Å². The van der Waals surface area contributed by atoms with Crippen LogP contribution in [0.4, 0.5) is 4.79 Å². The van der Waals surface area contributed by atoms with Gasteiger partial charge >= 0.3 is 6.09 Å². The molecule has 1 spiro atoms. The lowest BCUT2D eigenvalue weighted by molar-refractivity contribution is -0.0920. The monoisotopic (exact) mass is 303 g/mol. The zero-order valence-corrected chi connectivity index (χ0v) is 13.2. The van der Waals surface area contributed by atoms with Crippen molar-refractivity contribution in [3.8, 4) is 0 Å². The third-order valence-corrected chi connectivity index (χ3v) is 5.16. The highest BCUT2D eigenvalue weighted by Crippen LogP contribution is 2.40. The molecule has 1 aromatic rings. The lowest BCUT2D eigenvalue weighted by Gasteiger charge is -2.46. The van der Waals surface area contributed by atoms with E-state index in [9.17, 15) is 9.90 Å². The third-order valence-electron chi connectivity index (χ3n) is 5.16. The molecule has 1 N–H and O–H groups in total. The molecule has 1 amide bonds. The van der Waals surface area contributed by atoms with Crippen molar-refractivity contribution in [1.82, 2.24) is 4.90 Å². The molecule has 4 heteroatoms. The predicted molar refractivity (Wildman–Crippen MR) is 84.5 cm³/mol. The number of amides is 1. The number of aliphatic hydroxyl groups is 1. The van der Waals surface area contributed by atoms with Gasteiger partial charge in [-0.2, -0.15) is 0 Å². The minimum absolute atomic E-state index is 0.0835. The Labute approximate surface area is 132 Å². The Balaban J connectivity index is 1.71. The van der Waals surface area contributed by atoms with Crippen LogP contribution >= 0.6 is 0 Å². The van der Waals surface area contributed by atoms with Gasteiger partial charge in [0, 0.05) is 13.0 Å². The molecule has 1 saturated heterocycles. The van der Waals surface area contributed by atoms with Crippen LogP contribution in [0.2, 0.25) is 0 Å². The van der Waals surface area contributed by atoms with E-state index >= 15 is 0 Å². The molecule has 0 aromatic heterocycles. The van der Waals surface area contributed by atoms with Gasteiger partial charge in [0.15, 0.2) is 0 Å². The third kappa shape index (κ3) is 2.98. The smallest absolute Gasteiger partial charge is 0.410 e. The molecule has 0 radical (unpaired) electrons. The first-order valence-corrected chi connectivity index (χ1v) is 8.36. The Morgan fingerprint density at radius 2 is 1.95 bits per heavy atom. The lowest BCUT2D eigenvalue weighted by atomic mass is 9.80. The Morgan fingerprint density at radius 1 is 1.27 bits per heavy atom. The molecular weight excluding hydrogens is 278 g/mol. The number of nitrogens with zero attached hydrogens (tertiary/aromatic N) is 1. The molecule has 3 rings (SSSR count). The summed E-state index contributed by atoms with van der Waals surface area (Å²) in [6.07, 6.45) is 4.38. The highest BCUT2D eigenvalue weighted by Gasteiger charge is 2.44. The standard InChI is InChI=1S/C18H25NO3/c1-2-16(14-6-4-3-5-7-14)19-13-12-18(22-17(19)21)10-8-15(20)9-11-18/h3-7,15-16,20H,2,8-13H2,1H3/t15-,16-,18-/m0/s1. The highest BCUT2D eigenvalue weighted by molar-refractivity contribution is 5.70. The van der Waals surface area contributed by atoms with Crippen molar-refractivity contribution in [2.24, 2.45) is 0 Å². The largest absolute Gasteiger partial charge is 0.443 e. The summed E-state index contributed by atoms with van der Waals surface area (Å²) in [6, 6.07) is 10.2. The van der Waals surface area contributed by atoms with Gasteiger partial charge in [-0.05, 0) is 37.7 Å². The summed E-state index contributed by atoms with van der Waals surface area (Å²) in [5.41, 5.74) is 0.832. The fourth-order valence-electron chi connectivity index (χ4n) is 3.79. The molecule has 1 heterocycles. The zero-order chi connectivity index (χ0) is 15.6. The molecule has 1 aliphatic carbocycles. The van der Waals surface area contributed by atoms with Gasteiger partial charge in [0.05, 0.1) is 12.1 Å². The molecule has 22 heavy (non-hydrogen) atoms. The molecule has 120 valence electrons. The maximum Gasteiger partial charge on any atom is 0.410 e. The van der Waals surface area contributed by atoms with Gasteiger partial charge in [0.2, 0.25) is 0 Å². The van der Waals surface area contributed by atoms with Gasteiger partial charge in [-0.15, -0.1) is 0 Å². The average Bonchev–Trinajstić information content (AvgIpc) is 2.54. The highest BCUT2D eigenvalue weighted by atomic mass is 16.6. The second-order valence-electron chi connectivity index (χ2n) is 6.56. The SMILES string of the molecule is CC[C@@H](c1ccccc1)N1CC[C@]2(CC[C@@H](O)CC2)OC1=O. The van der Waals surface area contributed by atoms with E-state index < -0.39 is 0 Å². The summed E-state index contributed by atoms with van der Waals surface area (Å²) in [6.45, 7) is 2.84. The summed E-state index contributed by atoms with van der Waals surface area (Å²) in [7, 11) is 0. The number of carbonyl (C=O) groups excluding carboxylic acids is 1. The first kappa shape index (κ1) is 15.3. The van der Waals surface area contributed by atoms with Crippen LogP contribution in [-0.4, -0.2) is 34.3 Å². The first-order valence-electron chi connectivity index (χ1n) is 8.36. The van der Waals surface area contributed by atoms with E-state index in [0.717, 1.165) is 50.6 Å². The number of hydrogen-bond acceptors (Lipinski definition) is 3. The van der Waals surface area contributed by atoms with Crippen LogP contribution in [0.25, 0.3) is 0 Å². The fraction of sp³-hybridized carbons (Fsp3) is 0.611. The van der Waals surface area contributed by atoms with Gasteiger partial charge in [-0.1, -0.05) is 37.3 Å². The molecule has 2 fully saturated rings. The maximum absolute atomic E-state index is 12.6. The number of hydrogen-bond donors (Lipinski definition) is 1. The normalized spacial score (nSPS) is 30.2. The molecule has 4 nitrogen and oxygen atoms in total. The minimum atomic E-state index is -0.332. The van der Waals surface area contributed by atoms with Gasteiger partial charge < -0.3 is 14.7 Å². The summed E-state index contributed by atoms with van der Waals surface area (Å²) in [5.74, 6) is 0. The number of ether oxygens (including phenoxy) is 1. The van der Waals surface area contributed by atoms with Crippen molar-refractivity contribution in [2.45, 2.75) is 63.2 Å². The minimum Gasteiger partial charge on any atom is -0.443 e. The number of aliphatic hydroxyl groups excluding tert-OH is 1. The average molecular weight is 303 g/mol. The number of carbonyl (C=O) groups is 1. The van der Waals surface area contributed by atoms with Crippen molar-refractivity contribution >= 4 is 6.09 Å². The van der Waals surface area contributed by atoms with Gasteiger partial charge in [-0.25, -0.2) is 4.79 Å². The number of benzene rings is 1. The van der Waals surface area contributed by atoms with Crippen molar-refractivity contribution in [2.75, 3.05) is 6.54 Å². The molecule has 0 bridgehead atoms. The van der Waals surface area contributed by atoms with Crippen LogP contribution in [0.1, 0.15) is 57.1 Å². The van der Waals surface area contributed by atoms with Crippen molar-refractivity contribution in [3.63, 3.8) is 0 Å². The molecule has 1 aliphatic heterocycles. The van der Waals surface area contributed by atoms with Crippen molar-refractivity contribution < 1.29 is 14.6 Å². The van der Waals surface area contributed by atoms with Crippen LogP contribution in [0.3, 0.4) is 0 Å². The zero-order valence-electron chi connectivity index (χ0n) is 13.2. The van der Waals surface area contributed by atoms with Gasteiger partial charge in [-0.3, -0.25) is 0 Å². The molecule has 1 saturated carbocycles. The molecular formula is C18H25NO3. The van der Waals surface area contributed by atoms with Crippen LogP contribution in [-0.2, 0) is 4.74 Å². The molecule has 1 atom stereocenters. The Hall–Kier alpha value is -1.55. The Bertz CT molecular complexity index is 508. The second-order valence-corrected chi connectivity index (χ2v) is 6.56. The quantitative estimate of drug-likeness (QED) is 0.927. The van der Waals surface area contributed by atoms with Crippen molar-refractivity contribution in [3.05, 3.63) is 35.9 Å². The second kappa shape index (κ2) is 6.29. The number of rotatable bonds is 3. The first-order chi connectivity index (χ1) is 10.6. The molecule has 0 unspecified atom stereocenters. The maximum atomic E-state index is 12.6. The predicted octanol–water partition coefficient (Wildman–Crippen LogP) is 3.65. The van der Waals surface area contributed by atoms with Crippen LogP contribution in [0.5, 0.6) is 0 Å². The van der Waals surface area contributed by atoms with Gasteiger partial charge in [0.1, 0.15) is 5.60 Å². The molecule has 2 aliphatic rings. The lowest BCUT2D eigenvalue weighted by Crippen LogP contribution is -2.52. The van der Waals surface area contributed by atoms with E-state index in [-0.39, 0.29) is 23.8 Å². The van der Waals surface area contributed by atoms with Crippen molar-refractivity contribution in [1.29, 1.82) is 0 Å².